The maximum absolute atomic E-state index is 13.2. The largest absolute Gasteiger partial charge is 0.497 e. The molecule has 0 amide bonds. The molecule has 0 aliphatic carbocycles. The van der Waals surface area contributed by atoms with E-state index in [0.717, 1.165) is 11.6 Å². The van der Waals surface area contributed by atoms with Gasteiger partial charge in [0.1, 0.15) is 18.2 Å². The molecule has 2 N–H and O–H groups in total. The van der Waals surface area contributed by atoms with E-state index in [0.29, 0.717) is 10.2 Å². The van der Waals surface area contributed by atoms with Gasteiger partial charge in [-0.2, -0.15) is 0 Å². The van der Waals surface area contributed by atoms with E-state index < -0.39 is 11.8 Å². The van der Waals surface area contributed by atoms with Crippen molar-refractivity contribution in [1.29, 1.82) is 0 Å². The van der Waals surface area contributed by atoms with Crippen LogP contribution in [0.15, 0.2) is 40.9 Å². The Labute approximate surface area is 129 Å². The second-order valence-corrected chi connectivity index (χ2v) is 5.14. The Bertz CT molecular complexity index is 676. The Morgan fingerprint density at radius 2 is 2.10 bits per heavy atom. The third-order valence-electron chi connectivity index (χ3n) is 2.81. The molecule has 4 nitrogen and oxygen atoms in total. The maximum atomic E-state index is 13.2. The number of esters is 1. The number of nitrogens with two attached hydrogens (primary N) is 1. The lowest BCUT2D eigenvalue weighted by Crippen LogP contribution is -2.07. The number of carbonyl (C=O) groups is 1. The molecule has 0 aliphatic heterocycles. The molecule has 0 saturated heterocycles. The van der Waals surface area contributed by atoms with E-state index in [1.807, 2.05) is 6.07 Å². The first kappa shape index (κ1) is 15.3. The van der Waals surface area contributed by atoms with Crippen molar-refractivity contribution in [2.75, 3.05) is 12.8 Å². The molecule has 0 heterocycles. The minimum absolute atomic E-state index is 0.0831. The van der Waals surface area contributed by atoms with Gasteiger partial charge < -0.3 is 15.2 Å². The first-order valence-electron chi connectivity index (χ1n) is 6.06. The molecule has 2 rings (SSSR count). The number of halogens is 2. The lowest BCUT2D eigenvalue weighted by Gasteiger charge is -2.09. The summed E-state index contributed by atoms with van der Waals surface area (Å²) in [6.45, 7) is 0.0831. The lowest BCUT2D eigenvalue weighted by molar-refractivity contribution is 0.0471. The Morgan fingerprint density at radius 1 is 1.33 bits per heavy atom. The minimum atomic E-state index is -0.591. The van der Waals surface area contributed by atoms with Crippen LogP contribution in [0.1, 0.15) is 15.9 Å². The molecule has 2 aromatic carbocycles. The third kappa shape index (κ3) is 3.72. The minimum Gasteiger partial charge on any atom is -0.497 e. The summed E-state index contributed by atoms with van der Waals surface area (Å²) in [6, 6.07) is 9.55. The van der Waals surface area contributed by atoms with Gasteiger partial charge in [-0.15, -0.1) is 0 Å². The Hall–Kier alpha value is -2.08. The van der Waals surface area contributed by atoms with Crippen molar-refractivity contribution in [3.63, 3.8) is 0 Å². The van der Waals surface area contributed by atoms with Crippen molar-refractivity contribution in [3.8, 4) is 5.75 Å². The topological polar surface area (TPSA) is 61.5 Å². The highest BCUT2D eigenvalue weighted by Gasteiger charge is 2.15. The standard InChI is InChI=1S/C15H13BrFNO3/c1-20-10-4-2-3-9(5-10)8-21-15(19)11-6-14(18)13(17)7-12(11)16/h2-7H,8,18H2,1H3. The van der Waals surface area contributed by atoms with Crippen molar-refractivity contribution in [2.45, 2.75) is 6.61 Å². The van der Waals surface area contributed by atoms with Gasteiger partial charge in [-0.05, 0) is 45.8 Å². The summed E-state index contributed by atoms with van der Waals surface area (Å²) in [7, 11) is 1.56. The van der Waals surface area contributed by atoms with Crippen LogP contribution in [0.4, 0.5) is 10.1 Å². The summed E-state index contributed by atoms with van der Waals surface area (Å²) >= 11 is 3.11. The average molecular weight is 354 g/mol. The maximum Gasteiger partial charge on any atom is 0.339 e. The van der Waals surface area contributed by atoms with E-state index in [1.165, 1.54) is 6.07 Å². The smallest absolute Gasteiger partial charge is 0.339 e. The molecule has 110 valence electrons. The normalized spacial score (nSPS) is 10.2. The molecule has 0 unspecified atom stereocenters. The van der Waals surface area contributed by atoms with Crippen molar-refractivity contribution >= 4 is 27.6 Å². The Kier molecular flexibility index (Phi) is 4.80. The molecule has 0 aromatic heterocycles. The Morgan fingerprint density at radius 3 is 2.81 bits per heavy atom. The zero-order chi connectivity index (χ0) is 15.4. The summed E-state index contributed by atoms with van der Waals surface area (Å²) in [4.78, 5) is 12.0. The number of ether oxygens (including phenoxy) is 2. The van der Waals surface area contributed by atoms with Crippen LogP contribution in [0.2, 0.25) is 0 Å². The summed E-state index contributed by atoms with van der Waals surface area (Å²) in [5.74, 6) is -0.502. The average Bonchev–Trinajstić information content (AvgIpc) is 2.48. The van der Waals surface area contributed by atoms with Crippen LogP contribution in [0.3, 0.4) is 0 Å². The van der Waals surface area contributed by atoms with Gasteiger partial charge in [-0.25, -0.2) is 9.18 Å². The lowest BCUT2D eigenvalue weighted by atomic mass is 10.2. The SMILES string of the molecule is COc1cccc(COC(=O)c2cc(N)c(F)cc2Br)c1. The fourth-order valence-corrected chi connectivity index (χ4v) is 2.19. The monoisotopic (exact) mass is 353 g/mol. The molecule has 2 aromatic rings. The molecule has 6 heteroatoms. The summed E-state index contributed by atoms with van der Waals surface area (Å²) < 4.78 is 23.8. The van der Waals surface area contributed by atoms with E-state index in [4.69, 9.17) is 15.2 Å². The Balaban J connectivity index is 2.10. The van der Waals surface area contributed by atoms with Crippen molar-refractivity contribution < 1.29 is 18.7 Å². The molecule has 0 radical (unpaired) electrons. The number of hydrogen-bond acceptors (Lipinski definition) is 4. The van der Waals surface area contributed by atoms with E-state index >= 15 is 0 Å². The van der Waals surface area contributed by atoms with Crippen molar-refractivity contribution in [2.24, 2.45) is 0 Å². The predicted octanol–water partition coefficient (Wildman–Crippen LogP) is 3.54. The number of methoxy groups -OCH3 is 1. The van der Waals surface area contributed by atoms with Crippen LogP contribution in [-0.2, 0) is 11.3 Å². The molecule has 0 spiro atoms. The van der Waals surface area contributed by atoms with E-state index in [-0.39, 0.29) is 17.9 Å². The summed E-state index contributed by atoms with van der Waals surface area (Å²) in [6.07, 6.45) is 0. The number of rotatable bonds is 4. The molecule has 0 bridgehead atoms. The van der Waals surface area contributed by atoms with Gasteiger partial charge in [0.25, 0.3) is 0 Å². The van der Waals surface area contributed by atoms with Gasteiger partial charge in [-0.1, -0.05) is 12.1 Å². The van der Waals surface area contributed by atoms with Crippen LogP contribution in [-0.4, -0.2) is 13.1 Å². The molecule has 0 saturated carbocycles. The second kappa shape index (κ2) is 6.58. The number of hydrogen-bond donors (Lipinski definition) is 1. The fourth-order valence-electron chi connectivity index (χ4n) is 1.71. The van der Waals surface area contributed by atoms with E-state index in [2.05, 4.69) is 15.9 Å². The molecule has 21 heavy (non-hydrogen) atoms. The number of benzene rings is 2. The van der Waals surface area contributed by atoms with Gasteiger partial charge >= 0.3 is 5.97 Å². The second-order valence-electron chi connectivity index (χ2n) is 4.28. The van der Waals surface area contributed by atoms with Crippen molar-refractivity contribution in [1.82, 2.24) is 0 Å². The van der Waals surface area contributed by atoms with Gasteiger partial charge in [0.2, 0.25) is 0 Å². The molecular formula is C15H13BrFNO3. The van der Waals surface area contributed by atoms with Gasteiger partial charge in [0.05, 0.1) is 18.4 Å². The summed E-state index contributed by atoms with van der Waals surface area (Å²) in [5, 5.41) is 0. The van der Waals surface area contributed by atoms with Crippen LogP contribution >= 0.6 is 15.9 Å². The quantitative estimate of drug-likeness (QED) is 0.674. The molecular weight excluding hydrogens is 341 g/mol. The number of nitrogen functional groups attached to an aromatic ring is 1. The molecule has 0 atom stereocenters. The molecule has 0 aliphatic rings. The number of anilines is 1. The highest BCUT2D eigenvalue weighted by atomic mass is 79.9. The van der Waals surface area contributed by atoms with Gasteiger partial charge in [0.15, 0.2) is 0 Å². The highest BCUT2D eigenvalue weighted by Crippen LogP contribution is 2.24. The molecule has 0 fully saturated rings. The van der Waals surface area contributed by atoms with Crippen molar-refractivity contribution in [3.05, 3.63) is 57.8 Å². The van der Waals surface area contributed by atoms with Crippen LogP contribution in [0, 0.1) is 5.82 Å². The fraction of sp³-hybridized carbons (Fsp3) is 0.133. The van der Waals surface area contributed by atoms with Gasteiger partial charge in [-0.3, -0.25) is 0 Å². The third-order valence-corrected chi connectivity index (χ3v) is 3.47. The van der Waals surface area contributed by atoms with E-state index in [9.17, 15) is 9.18 Å². The predicted molar refractivity (Wildman–Crippen MR) is 80.6 cm³/mol. The van der Waals surface area contributed by atoms with Crippen LogP contribution in [0.25, 0.3) is 0 Å². The van der Waals surface area contributed by atoms with Gasteiger partial charge in [0, 0.05) is 4.47 Å². The first-order chi connectivity index (χ1) is 10.0. The van der Waals surface area contributed by atoms with E-state index in [1.54, 1.807) is 25.3 Å². The first-order valence-corrected chi connectivity index (χ1v) is 6.85. The number of carbonyl (C=O) groups excluding carboxylic acids is 1. The van der Waals surface area contributed by atoms with Crippen LogP contribution < -0.4 is 10.5 Å². The summed E-state index contributed by atoms with van der Waals surface area (Å²) in [5.41, 5.74) is 6.31. The zero-order valence-electron chi connectivity index (χ0n) is 11.2. The highest BCUT2D eigenvalue weighted by molar-refractivity contribution is 9.10. The zero-order valence-corrected chi connectivity index (χ0v) is 12.8. The van der Waals surface area contributed by atoms with Crippen LogP contribution in [0.5, 0.6) is 5.75 Å².